The van der Waals surface area contributed by atoms with Crippen LogP contribution in [0.1, 0.15) is 24.6 Å². The van der Waals surface area contributed by atoms with E-state index >= 15 is 0 Å². The van der Waals surface area contributed by atoms with Crippen molar-refractivity contribution in [2.45, 2.75) is 25.3 Å². The minimum atomic E-state index is -0.737. The number of rotatable bonds is 1. The van der Waals surface area contributed by atoms with Crippen LogP contribution in [0.2, 0.25) is 0 Å². The van der Waals surface area contributed by atoms with Gasteiger partial charge in [0.2, 0.25) is 0 Å². The number of carbonyl (C=O) groups is 1. The van der Waals surface area contributed by atoms with E-state index in [1.54, 1.807) is 0 Å². The maximum Gasteiger partial charge on any atom is 0.326 e. The number of para-hydroxylation sites is 1. The van der Waals surface area contributed by atoms with Gasteiger partial charge in [0.25, 0.3) is 0 Å². The molecule has 2 heterocycles. The summed E-state index contributed by atoms with van der Waals surface area (Å²) in [5.74, 6) is -0.737. The Morgan fingerprint density at radius 3 is 3.06 bits per heavy atom. The van der Waals surface area contributed by atoms with E-state index in [0.717, 1.165) is 33.9 Å². The zero-order valence-electron chi connectivity index (χ0n) is 9.19. The van der Waals surface area contributed by atoms with Gasteiger partial charge in [0, 0.05) is 15.6 Å². The minimum Gasteiger partial charge on any atom is -0.480 e. The Morgan fingerprint density at radius 2 is 2.29 bits per heavy atom. The molecule has 3 nitrogen and oxygen atoms in total. The molecule has 0 saturated heterocycles. The molecular weight excluding hydrogens is 282 g/mol. The molecule has 0 saturated carbocycles. The maximum absolute atomic E-state index is 11.3. The smallest absolute Gasteiger partial charge is 0.326 e. The topological polar surface area (TPSA) is 42.2 Å². The second-order valence-electron chi connectivity index (χ2n) is 4.43. The first kappa shape index (κ1) is 10.8. The summed E-state index contributed by atoms with van der Waals surface area (Å²) in [7, 11) is 0. The highest BCUT2D eigenvalue weighted by atomic mass is 79.9. The fourth-order valence-electron chi connectivity index (χ4n) is 2.68. The van der Waals surface area contributed by atoms with Gasteiger partial charge in [0.1, 0.15) is 6.04 Å². The SMILES string of the molecule is O=C(O)C1CCCc2cc3cccc(Br)c3n21. The summed E-state index contributed by atoms with van der Waals surface area (Å²) in [6, 6.07) is 7.66. The van der Waals surface area contributed by atoms with Crippen molar-refractivity contribution in [2.24, 2.45) is 0 Å². The lowest BCUT2D eigenvalue weighted by Crippen LogP contribution is -2.24. The van der Waals surface area contributed by atoms with Crippen LogP contribution in [0.3, 0.4) is 0 Å². The van der Waals surface area contributed by atoms with Crippen LogP contribution in [0.4, 0.5) is 0 Å². The van der Waals surface area contributed by atoms with Crippen LogP contribution in [0.25, 0.3) is 10.9 Å². The number of fused-ring (bicyclic) bond motifs is 3. The van der Waals surface area contributed by atoms with Gasteiger partial charge in [-0.1, -0.05) is 12.1 Å². The highest BCUT2D eigenvalue weighted by Gasteiger charge is 2.27. The summed E-state index contributed by atoms with van der Waals surface area (Å²) in [6.07, 6.45) is 2.63. The predicted molar refractivity (Wildman–Crippen MR) is 69.2 cm³/mol. The lowest BCUT2D eigenvalue weighted by molar-refractivity contribution is -0.141. The van der Waals surface area contributed by atoms with E-state index in [2.05, 4.69) is 22.0 Å². The average molecular weight is 294 g/mol. The van der Waals surface area contributed by atoms with Crippen LogP contribution >= 0.6 is 15.9 Å². The molecule has 4 heteroatoms. The predicted octanol–water partition coefficient (Wildman–Crippen LogP) is 3.37. The Bertz CT molecular complexity index is 603. The first-order chi connectivity index (χ1) is 8.18. The lowest BCUT2D eigenvalue weighted by atomic mass is 10.0. The van der Waals surface area contributed by atoms with Crippen molar-refractivity contribution in [1.82, 2.24) is 4.57 Å². The summed E-state index contributed by atoms with van der Waals surface area (Å²) in [6.45, 7) is 0. The van der Waals surface area contributed by atoms with Crippen molar-refractivity contribution in [3.05, 3.63) is 34.4 Å². The molecule has 0 radical (unpaired) electrons. The number of carboxylic acids is 1. The van der Waals surface area contributed by atoms with Gasteiger partial charge < -0.3 is 9.67 Å². The minimum absolute atomic E-state index is 0.421. The fraction of sp³-hybridized carbons (Fsp3) is 0.308. The Balaban J connectivity index is 2.33. The Labute approximate surface area is 107 Å². The van der Waals surface area contributed by atoms with E-state index in [9.17, 15) is 9.90 Å². The zero-order chi connectivity index (χ0) is 12.0. The number of aromatic nitrogens is 1. The second-order valence-corrected chi connectivity index (χ2v) is 5.28. The number of benzene rings is 1. The van der Waals surface area contributed by atoms with Crippen LogP contribution in [0.5, 0.6) is 0 Å². The number of aryl methyl sites for hydroxylation is 1. The van der Waals surface area contributed by atoms with Crippen LogP contribution in [0, 0.1) is 0 Å². The van der Waals surface area contributed by atoms with Crippen molar-refractivity contribution in [1.29, 1.82) is 0 Å². The van der Waals surface area contributed by atoms with Gasteiger partial charge in [-0.2, -0.15) is 0 Å². The number of carboxylic acid groups (broad SMARTS) is 1. The van der Waals surface area contributed by atoms with E-state index in [-0.39, 0.29) is 0 Å². The van der Waals surface area contributed by atoms with Crippen molar-refractivity contribution < 1.29 is 9.90 Å². The van der Waals surface area contributed by atoms with E-state index in [0.29, 0.717) is 6.42 Å². The second kappa shape index (κ2) is 3.88. The summed E-state index contributed by atoms with van der Waals surface area (Å²) < 4.78 is 2.94. The number of aliphatic carboxylic acids is 1. The lowest BCUT2D eigenvalue weighted by Gasteiger charge is -2.24. The third-order valence-corrected chi connectivity index (χ3v) is 4.04. The molecule has 1 N–H and O–H groups in total. The van der Waals surface area contributed by atoms with E-state index in [1.165, 1.54) is 0 Å². The normalized spacial score (nSPS) is 19.2. The molecule has 2 aromatic rings. The van der Waals surface area contributed by atoms with Gasteiger partial charge in [-0.15, -0.1) is 0 Å². The summed E-state index contributed by atoms with van der Waals surface area (Å²) in [5.41, 5.74) is 2.14. The highest BCUT2D eigenvalue weighted by molar-refractivity contribution is 9.10. The largest absolute Gasteiger partial charge is 0.480 e. The molecule has 1 aromatic heterocycles. The van der Waals surface area contributed by atoms with E-state index in [4.69, 9.17) is 0 Å². The van der Waals surface area contributed by atoms with Crippen LogP contribution in [-0.4, -0.2) is 15.6 Å². The number of halogens is 1. The summed E-state index contributed by atoms with van der Waals surface area (Å²) >= 11 is 3.52. The van der Waals surface area contributed by atoms with Gasteiger partial charge >= 0.3 is 5.97 Å². The molecule has 88 valence electrons. The number of hydrogen-bond acceptors (Lipinski definition) is 1. The highest BCUT2D eigenvalue weighted by Crippen LogP contribution is 2.35. The third-order valence-electron chi connectivity index (χ3n) is 3.40. The van der Waals surface area contributed by atoms with Gasteiger partial charge in [0.15, 0.2) is 0 Å². The molecule has 1 unspecified atom stereocenters. The molecule has 0 spiro atoms. The van der Waals surface area contributed by atoms with Gasteiger partial charge in [-0.05, 0) is 47.3 Å². The van der Waals surface area contributed by atoms with Gasteiger partial charge in [0.05, 0.1) is 5.52 Å². The monoisotopic (exact) mass is 293 g/mol. The van der Waals surface area contributed by atoms with Gasteiger partial charge in [-0.3, -0.25) is 0 Å². The molecule has 0 fully saturated rings. The Morgan fingerprint density at radius 1 is 1.47 bits per heavy atom. The van der Waals surface area contributed by atoms with Crippen LogP contribution < -0.4 is 0 Å². The Kier molecular flexibility index (Phi) is 2.47. The molecule has 3 rings (SSSR count). The molecule has 0 bridgehead atoms. The number of hydrogen-bond donors (Lipinski definition) is 1. The van der Waals surface area contributed by atoms with Crippen molar-refractivity contribution in [3.8, 4) is 0 Å². The van der Waals surface area contributed by atoms with Crippen LogP contribution in [0.15, 0.2) is 28.7 Å². The summed E-state index contributed by atoms with van der Waals surface area (Å²) in [4.78, 5) is 11.3. The standard InChI is InChI=1S/C13H12BrNO2/c14-10-5-1-3-8-7-9-4-2-6-11(13(16)17)15(9)12(8)10/h1,3,5,7,11H,2,4,6H2,(H,16,17). The quantitative estimate of drug-likeness (QED) is 0.876. The molecule has 1 atom stereocenters. The van der Waals surface area contributed by atoms with E-state index < -0.39 is 12.0 Å². The van der Waals surface area contributed by atoms with E-state index in [1.807, 2.05) is 22.8 Å². The number of nitrogens with zero attached hydrogens (tertiary/aromatic N) is 1. The molecule has 1 aliphatic rings. The molecular formula is C13H12BrNO2. The zero-order valence-corrected chi connectivity index (χ0v) is 10.8. The first-order valence-corrected chi connectivity index (χ1v) is 6.49. The molecule has 0 amide bonds. The molecule has 0 aliphatic carbocycles. The molecule has 1 aliphatic heterocycles. The van der Waals surface area contributed by atoms with Crippen molar-refractivity contribution >= 4 is 32.8 Å². The fourth-order valence-corrected chi connectivity index (χ4v) is 3.26. The van der Waals surface area contributed by atoms with Crippen LogP contribution in [-0.2, 0) is 11.2 Å². The van der Waals surface area contributed by atoms with Crippen molar-refractivity contribution in [2.75, 3.05) is 0 Å². The molecule has 1 aromatic carbocycles. The third kappa shape index (κ3) is 1.59. The van der Waals surface area contributed by atoms with Gasteiger partial charge in [-0.25, -0.2) is 4.79 Å². The summed E-state index contributed by atoms with van der Waals surface area (Å²) in [5, 5.41) is 10.4. The first-order valence-electron chi connectivity index (χ1n) is 5.69. The maximum atomic E-state index is 11.3. The van der Waals surface area contributed by atoms with Crippen molar-refractivity contribution in [3.63, 3.8) is 0 Å². The molecule has 17 heavy (non-hydrogen) atoms. The average Bonchev–Trinajstić information content (AvgIpc) is 2.67. The Hall–Kier alpha value is -1.29.